The van der Waals surface area contributed by atoms with Gasteiger partial charge in [0, 0.05) is 31.2 Å². The van der Waals surface area contributed by atoms with Gasteiger partial charge in [0.15, 0.2) is 10.8 Å². The zero-order chi connectivity index (χ0) is 14.8. The summed E-state index contributed by atoms with van der Waals surface area (Å²) < 4.78 is 2.26. The van der Waals surface area contributed by atoms with Crippen LogP contribution in [0.15, 0.2) is 11.6 Å². The summed E-state index contributed by atoms with van der Waals surface area (Å²) in [6.45, 7) is 11.1. The Bertz CT molecular complexity index is 586. The third-order valence-corrected chi connectivity index (χ3v) is 5.10. The number of nitrogens with one attached hydrogen (secondary N) is 1. The van der Waals surface area contributed by atoms with Crippen LogP contribution in [-0.4, -0.2) is 29.0 Å². The number of hydrogen-bond acceptors (Lipinski definition) is 4. The van der Waals surface area contributed by atoms with E-state index in [1.807, 2.05) is 0 Å². The summed E-state index contributed by atoms with van der Waals surface area (Å²) in [7, 11) is 0. The lowest BCUT2D eigenvalue weighted by Crippen LogP contribution is -2.25. The highest BCUT2D eigenvalue weighted by atomic mass is 32.1. The fraction of sp³-hybridized carbons (Fsp3) is 0.688. The molecule has 3 heterocycles. The number of hydrogen-bond donors (Lipinski definition) is 1. The van der Waals surface area contributed by atoms with Crippen molar-refractivity contribution in [2.24, 2.45) is 11.8 Å². The van der Waals surface area contributed by atoms with Crippen molar-refractivity contribution in [3.8, 4) is 0 Å². The maximum absolute atomic E-state index is 4.89. The van der Waals surface area contributed by atoms with Gasteiger partial charge in [-0.2, -0.15) is 0 Å². The summed E-state index contributed by atoms with van der Waals surface area (Å²) in [6, 6.07) is 0. The molecule has 2 aromatic rings. The first-order chi connectivity index (χ1) is 10.2. The minimum absolute atomic E-state index is 0.676. The van der Waals surface area contributed by atoms with E-state index < -0.39 is 0 Å². The molecule has 2 aromatic heterocycles. The molecule has 1 aliphatic heterocycles. The van der Waals surface area contributed by atoms with Gasteiger partial charge >= 0.3 is 0 Å². The van der Waals surface area contributed by atoms with E-state index >= 15 is 0 Å². The van der Waals surface area contributed by atoms with Crippen molar-refractivity contribution in [3.05, 3.63) is 17.3 Å². The Morgan fingerprint density at radius 3 is 3.05 bits per heavy atom. The Morgan fingerprint density at radius 2 is 2.33 bits per heavy atom. The Hall–Kier alpha value is -1.07. The molecule has 1 atom stereocenters. The molecular weight excluding hydrogens is 280 g/mol. The van der Waals surface area contributed by atoms with Gasteiger partial charge in [0.1, 0.15) is 0 Å². The fourth-order valence-corrected chi connectivity index (χ4v) is 3.80. The first kappa shape index (κ1) is 14.9. The van der Waals surface area contributed by atoms with Crippen molar-refractivity contribution < 1.29 is 0 Å². The predicted molar refractivity (Wildman–Crippen MR) is 90.2 cm³/mol. The monoisotopic (exact) mass is 306 g/mol. The first-order valence-corrected chi connectivity index (χ1v) is 8.97. The molecule has 1 saturated heterocycles. The molecule has 1 fully saturated rings. The van der Waals surface area contributed by atoms with Crippen LogP contribution in [0.3, 0.4) is 0 Å². The lowest BCUT2D eigenvalue weighted by molar-refractivity contribution is 0.546. The van der Waals surface area contributed by atoms with Crippen LogP contribution in [0, 0.1) is 11.8 Å². The van der Waals surface area contributed by atoms with Gasteiger partial charge in [-0.3, -0.25) is 4.40 Å². The minimum atomic E-state index is 0.676. The molecule has 0 aromatic carbocycles. The lowest BCUT2D eigenvalue weighted by Gasteiger charge is -2.18. The van der Waals surface area contributed by atoms with Crippen LogP contribution < -0.4 is 10.2 Å². The maximum Gasteiger partial charge on any atom is 0.195 e. The van der Waals surface area contributed by atoms with Gasteiger partial charge in [-0.15, -0.1) is 11.3 Å². The van der Waals surface area contributed by atoms with Crippen molar-refractivity contribution in [1.82, 2.24) is 14.7 Å². The molecule has 1 N–H and O–H groups in total. The second-order valence-corrected chi connectivity index (χ2v) is 7.34. The van der Waals surface area contributed by atoms with Crippen molar-refractivity contribution in [3.63, 3.8) is 0 Å². The molecule has 1 unspecified atom stereocenters. The van der Waals surface area contributed by atoms with E-state index in [2.05, 4.69) is 47.0 Å². The molecule has 5 heteroatoms. The Morgan fingerprint density at radius 1 is 1.48 bits per heavy atom. The number of thiazole rings is 1. The number of anilines is 1. The topological polar surface area (TPSA) is 32.6 Å². The molecule has 0 saturated carbocycles. The molecule has 0 aliphatic carbocycles. The molecule has 0 spiro atoms. The van der Waals surface area contributed by atoms with Crippen LogP contribution in [0.2, 0.25) is 0 Å². The highest BCUT2D eigenvalue weighted by molar-refractivity contribution is 7.15. The fourth-order valence-electron chi connectivity index (χ4n) is 3.08. The normalized spacial score (nSPS) is 19.2. The van der Waals surface area contributed by atoms with E-state index in [1.54, 1.807) is 11.3 Å². The summed E-state index contributed by atoms with van der Waals surface area (Å²) >= 11 is 1.72. The molecule has 0 bridgehead atoms. The van der Waals surface area contributed by atoms with E-state index in [0.717, 1.165) is 30.5 Å². The predicted octanol–water partition coefficient (Wildman–Crippen LogP) is 3.38. The molecule has 116 valence electrons. The molecule has 1 aliphatic rings. The van der Waals surface area contributed by atoms with E-state index in [4.69, 9.17) is 4.98 Å². The van der Waals surface area contributed by atoms with E-state index in [-0.39, 0.29) is 0 Å². The average Bonchev–Trinajstić information content (AvgIpc) is 3.13. The van der Waals surface area contributed by atoms with Crippen LogP contribution in [0.4, 0.5) is 5.82 Å². The summed E-state index contributed by atoms with van der Waals surface area (Å²) in [5.41, 5.74) is 1.32. The van der Waals surface area contributed by atoms with Gasteiger partial charge in [0.2, 0.25) is 0 Å². The second-order valence-electron chi connectivity index (χ2n) is 6.47. The van der Waals surface area contributed by atoms with Gasteiger partial charge in [-0.25, -0.2) is 4.98 Å². The minimum Gasteiger partial charge on any atom is -0.355 e. The highest BCUT2D eigenvalue weighted by Gasteiger charge is 2.26. The van der Waals surface area contributed by atoms with E-state index in [1.165, 1.54) is 30.9 Å². The zero-order valence-electron chi connectivity index (χ0n) is 13.3. The second kappa shape index (κ2) is 6.36. The summed E-state index contributed by atoms with van der Waals surface area (Å²) in [6.07, 6.45) is 4.73. The lowest BCUT2D eigenvalue weighted by atomic mass is 10.1. The average molecular weight is 306 g/mol. The number of fused-ring (bicyclic) bond motifs is 1. The van der Waals surface area contributed by atoms with Crippen molar-refractivity contribution in [1.29, 1.82) is 0 Å². The highest BCUT2D eigenvalue weighted by Crippen LogP contribution is 2.30. The number of imidazole rings is 1. The summed E-state index contributed by atoms with van der Waals surface area (Å²) in [5, 5.41) is 5.70. The third-order valence-electron chi connectivity index (χ3n) is 4.35. The Kier molecular flexibility index (Phi) is 4.50. The SMILES string of the molecule is CCC1CCN(c2nc3sccn3c2CNCC(C)C)C1. The number of rotatable bonds is 6. The van der Waals surface area contributed by atoms with Crippen LogP contribution >= 0.6 is 11.3 Å². The maximum atomic E-state index is 4.89. The smallest absolute Gasteiger partial charge is 0.195 e. The largest absolute Gasteiger partial charge is 0.355 e. The molecule has 0 radical (unpaired) electrons. The van der Waals surface area contributed by atoms with Crippen LogP contribution in [0.5, 0.6) is 0 Å². The molecule has 4 nitrogen and oxygen atoms in total. The molecule has 3 rings (SSSR count). The third kappa shape index (κ3) is 3.09. The number of aromatic nitrogens is 2. The number of nitrogens with zero attached hydrogens (tertiary/aromatic N) is 3. The van der Waals surface area contributed by atoms with Gasteiger partial charge in [-0.1, -0.05) is 27.2 Å². The standard InChI is InChI=1S/C16H26N4S/c1-4-13-5-6-19(11-13)15-14(10-17-9-12(2)3)20-7-8-21-16(20)18-15/h7-8,12-13,17H,4-6,9-11H2,1-3H3. The van der Waals surface area contributed by atoms with E-state index in [0.29, 0.717) is 5.92 Å². The molecular formula is C16H26N4S. The quantitative estimate of drug-likeness (QED) is 0.888. The van der Waals surface area contributed by atoms with Gasteiger partial charge in [-0.05, 0) is 24.8 Å². The van der Waals surface area contributed by atoms with Crippen LogP contribution in [-0.2, 0) is 6.54 Å². The first-order valence-electron chi connectivity index (χ1n) is 8.09. The Labute approximate surface area is 131 Å². The zero-order valence-corrected chi connectivity index (χ0v) is 14.1. The van der Waals surface area contributed by atoms with Crippen molar-refractivity contribution >= 4 is 22.1 Å². The summed E-state index contributed by atoms with van der Waals surface area (Å²) in [4.78, 5) is 8.49. The molecule has 0 amide bonds. The van der Waals surface area contributed by atoms with Crippen molar-refractivity contribution in [2.45, 2.75) is 40.2 Å². The van der Waals surface area contributed by atoms with Crippen LogP contribution in [0.1, 0.15) is 39.3 Å². The molecule has 21 heavy (non-hydrogen) atoms. The van der Waals surface area contributed by atoms with Gasteiger partial charge in [0.25, 0.3) is 0 Å². The summed E-state index contributed by atoms with van der Waals surface area (Å²) in [5.74, 6) is 2.71. The Balaban J connectivity index is 1.82. The van der Waals surface area contributed by atoms with Gasteiger partial charge < -0.3 is 10.2 Å². The van der Waals surface area contributed by atoms with Crippen LogP contribution in [0.25, 0.3) is 4.96 Å². The van der Waals surface area contributed by atoms with E-state index in [9.17, 15) is 0 Å². The van der Waals surface area contributed by atoms with Gasteiger partial charge in [0.05, 0.1) is 5.69 Å². The van der Waals surface area contributed by atoms with Crippen molar-refractivity contribution in [2.75, 3.05) is 24.5 Å².